The molecule has 0 spiro atoms. The maximum atomic E-state index is 11.7. The fourth-order valence-electron chi connectivity index (χ4n) is 1.78. The number of amides is 1. The minimum atomic E-state index is -3.68. The normalized spacial score (nSPS) is 13.0. The molecule has 0 radical (unpaired) electrons. The zero-order chi connectivity index (χ0) is 18.5. The van der Waals surface area contributed by atoms with Crippen molar-refractivity contribution in [1.82, 2.24) is 5.32 Å². The van der Waals surface area contributed by atoms with Gasteiger partial charge in [-0.1, -0.05) is 12.1 Å². The highest BCUT2D eigenvalue weighted by atomic mass is 32.2. The fraction of sp³-hybridized carbons (Fsp3) is 0.467. The van der Waals surface area contributed by atoms with Crippen LogP contribution in [0.4, 0.5) is 4.79 Å². The molecular formula is C15H21NO7S. The average Bonchev–Trinajstić information content (AvgIpc) is 2.33. The van der Waals surface area contributed by atoms with Crippen LogP contribution in [0.15, 0.2) is 24.3 Å². The number of aliphatic carboxylic acids is 1. The van der Waals surface area contributed by atoms with Crippen LogP contribution in [0.1, 0.15) is 26.3 Å². The van der Waals surface area contributed by atoms with Crippen molar-refractivity contribution in [3.8, 4) is 5.75 Å². The number of rotatable bonds is 6. The molecule has 0 aliphatic rings. The van der Waals surface area contributed by atoms with Crippen molar-refractivity contribution in [2.75, 3.05) is 6.26 Å². The number of carbonyl (C=O) groups excluding carboxylic acids is 1. The van der Waals surface area contributed by atoms with E-state index in [2.05, 4.69) is 5.32 Å². The van der Waals surface area contributed by atoms with E-state index in [1.54, 1.807) is 26.8 Å². The Balaban J connectivity index is 2.84. The van der Waals surface area contributed by atoms with Gasteiger partial charge in [0.2, 0.25) is 0 Å². The van der Waals surface area contributed by atoms with E-state index in [4.69, 9.17) is 8.92 Å². The van der Waals surface area contributed by atoms with Gasteiger partial charge in [0, 0.05) is 6.42 Å². The number of hydrogen-bond donors (Lipinski definition) is 2. The van der Waals surface area contributed by atoms with Gasteiger partial charge in [-0.05, 0) is 38.5 Å². The molecule has 0 fully saturated rings. The summed E-state index contributed by atoms with van der Waals surface area (Å²) in [5.41, 5.74) is -0.268. The van der Waals surface area contributed by atoms with Crippen LogP contribution in [0.2, 0.25) is 0 Å². The van der Waals surface area contributed by atoms with Crippen molar-refractivity contribution in [2.45, 2.75) is 38.8 Å². The second-order valence-corrected chi connectivity index (χ2v) is 7.75. The van der Waals surface area contributed by atoms with Crippen molar-refractivity contribution >= 4 is 22.2 Å². The average molecular weight is 359 g/mol. The van der Waals surface area contributed by atoms with Gasteiger partial charge in [-0.25, -0.2) is 9.59 Å². The molecule has 0 bridgehead atoms. The van der Waals surface area contributed by atoms with Crippen molar-refractivity contribution in [3.63, 3.8) is 0 Å². The highest BCUT2D eigenvalue weighted by molar-refractivity contribution is 7.86. The Kier molecular flexibility index (Phi) is 6.19. The highest BCUT2D eigenvalue weighted by Gasteiger charge is 2.24. The Morgan fingerprint density at radius 2 is 1.92 bits per heavy atom. The van der Waals surface area contributed by atoms with Crippen molar-refractivity contribution < 1.29 is 32.0 Å². The minimum absolute atomic E-state index is 0.0600. The molecule has 134 valence electrons. The van der Waals surface area contributed by atoms with Crippen LogP contribution in [-0.2, 0) is 26.1 Å². The number of carboxylic acids is 1. The molecule has 0 aliphatic heterocycles. The summed E-state index contributed by atoms with van der Waals surface area (Å²) in [6.07, 6.45) is -0.00211. The minimum Gasteiger partial charge on any atom is -0.480 e. The summed E-state index contributed by atoms with van der Waals surface area (Å²) >= 11 is 0. The predicted octanol–water partition coefficient (Wildman–Crippen LogP) is 1.55. The van der Waals surface area contributed by atoms with Gasteiger partial charge in [-0.3, -0.25) is 0 Å². The van der Waals surface area contributed by atoms with Gasteiger partial charge >= 0.3 is 22.2 Å². The van der Waals surface area contributed by atoms with Crippen molar-refractivity contribution in [1.29, 1.82) is 0 Å². The first-order chi connectivity index (χ1) is 10.9. The molecular weight excluding hydrogens is 338 g/mol. The van der Waals surface area contributed by atoms with Gasteiger partial charge < -0.3 is 19.3 Å². The van der Waals surface area contributed by atoms with Gasteiger partial charge in [-0.2, -0.15) is 8.42 Å². The van der Waals surface area contributed by atoms with Crippen LogP contribution in [0.3, 0.4) is 0 Å². The lowest BCUT2D eigenvalue weighted by molar-refractivity contribution is -0.139. The van der Waals surface area contributed by atoms with Crippen molar-refractivity contribution in [3.05, 3.63) is 29.8 Å². The summed E-state index contributed by atoms with van der Waals surface area (Å²) in [6, 6.07) is 4.73. The number of nitrogens with one attached hydrogen (secondary N) is 1. The summed E-state index contributed by atoms with van der Waals surface area (Å²) < 4.78 is 32.0. The van der Waals surface area contributed by atoms with Gasteiger partial charge in [0.25, 0.3) is 0 Å². The molecule has 9 heteroatoms. The first-order valence-corrected chi connectivity index (χ1v) is 8.88. The maximum absolute atomic E-state index is 11.7. The Bertz CT molecular complexity index is 707. The Labute approximate surface area is 140 Å². The number of carbonyl (C=O) groups is 2. The van der Waals surface area contributed by atoms with E-state index in [0.29, 0.717) is 5.56 Å². The zero-order valence-corrected chi connectivity index (χ0v) is 14.7. The first-order valence-electron chi connectivity index (χ1n) is 7.06. The highest BCUT2D eigenvalue weighted by Crippen LogP contribution is 2.16. The second-order valence-electron chi connectivity index (χ2n) is 6.18. The van der Waals surface area contributed by atoms with Crippen molar-refractivity contribution in [2.24, 2.45) is 0 Å². The van der Waals surface area contributed by atoms with Crippen LogP contribution >= 0.6 is 0 Å². The molecule has 1 amide bonds. The third-order valence-corrected chi connectivity index (χ3v) is 3.07. The number of ether oxygens (including phenoxy) is 1. The Hall–Kier alpha value is -2.29. The number of benzene rings is 1. The van der Waals surface area contributed by atoms with E-state index >= 15 is 0 Å². The molecule has 8 nitrogen and oxygen atoms in total. The van der Waals surface area contributed by atoms with Crippen LogP contribution in [0.5, 0.6) is 5.75 Å². The molecule has 0 heterocycles. The van der Waals surface area contributed by atoms with Gasteiger partial charge in [-0.15, -0.1) is 0 Å². The molecule has 0 aromatic heterocycles. The van der Waals surface area contributed by atoms with E-state index < -0.39 is 33.8 Å². The second kappa shape index (κ2) is 7.52. The summed E-state index contributed by atoms with van der Waals surface area (Å²) in [7, 11) is -3.68. The monoisotopic (exact) mass is 359 g/mol. The number of alkyl carbamates (subject to hydrolysis) is 1. The van der Waals surface area contributed by atoms with E-state index in [-0.39, 0.29) is 12.2 Å². The third kappa shape index (κ3) is 7.82. The van der Waals surface area contributed by atoms with Gasteiger partial charge in [0.15, 0.2) is 0 Å². The number of hydrogen-bond acceptors (Lipinski definition) is 6. The summed E-state index contributed by atoms with van der Waals surface area (Å²) in [6.45, 7) is 4.98. The SMILES string of the molecule is CC(C)(C)OC(=O)N[C@@H](Cc1cccc(OS(C)(=O)=O)c1)C(=O)O. The Morgan fingerprint density at radius 3 is 2.42 bits per heavy atom. The largest absolute Gasteiger partial charge is 0.480 e. The molecule has 0 aliphatic carbocycles. The zero-order valence-electron chi connectivity index (χ0n) is 13.9. The lowest BCUT2D eigenvalue weighted by Crippen LogP contribution is -2.44. The molecule has 1 atom stereocenters. The quantitative estimate of drug-likeness (QED) is 0.739. The van der Waals surface area contributed by atoms with Crippen LogP contribution in [-0.4, -0.2) is 43.5 Å². The maximum Gasteiger partial charge on any atom is 0.408 e. The van der Waals surface area contributed by atoms with Crippen LogP contribution in [0, 0.1) is 0 Å². The molecule has 1 aromatic carbocycles. The van der Waals surface area contributed by atoms with E-state index in [1.807, 2.05) is 0 Å². The fourth-order valence-corrected chi connectivity index (χ4v) is 2.24. The molecule has 0 saturated carbocycles. The van der Waals surface area contributed by atoms with Gasteiger partial charge in [0.1, 0.15) is 17.4 Å². The van der Waals surface area contributed by atoms with Crippen LogP contribution < -0.4 is 9.50 Å². The molecule has 1 aromatic rings. The summed E-state index contributed by atoms with van der Waals surface area (Å²) in [5, 5.41) is 11.5. The first kappa shape index (κ1) is 19.8. The predicted molar refractivity (Wildman–Crippen MR) is 86.4 cm³/mol. The molecule has 0 saturated heterocycles. The van der Waals surface area contributed by atoms with Crippen LogP contribution in [0.25, 0.3) is 0 Å². The molecule has 0 unspecified atom stereocenters. The van der Waals surface area contributed by atoms with E-state index in [0.717, 1.165) is 6.26 Å². The third-order valence-electron chi connectivity index (χ3n) is 2.57. The van der Waals surface area contributed by atoms with E-state index in [1.165, 1.54) is 18.2 Å². The summed E-state index contributed by atoms with van der Waals surface area (Å²) in [5.74, 6) is -1.17. The molecule has 2 N–H and O–H groups in total. The van der Waals surface area contributed by atoms with E-state index in [9.17, 15) is 23.1 Å². The lowest BCUT2D eigenvalue weighted by Gasteiger charge is -2.22. The van der Waals surface area contributed by atoms with Gasteiger partial charge in [0.05, 0.1) is 6.26 Å². The Morgan fingerprint density at radius 1 is 1.29 bits per heavy atom. The smallest absolute Gasteiger partial charge is 0.408 e. The molecule has 1 rings (SSSR count). The molecule has 24 heavy (non-hydrogen) atoms. The standard InChI is InChI=1S/C15H21NO7S/c1-15(2,3)22-14(19)16-12(13(17)18)9-10-6-5-7-11(8-10)23-24(4,20)21/h5-8,12H,9H2,1-4H3,(H,16,19)(H,17,18)/t12-/m0/s1. The number of carboxylic acid groups (broad SMARTS) is 1. The lowest BCUT2D eigenvalue weighted by atomic mass is 10.1. The summed E-state index contributed by atoms with van der Waals surface area (Å²) in [4.78, 5) is 23.0. The topological polar surface area (TPSA) is 119 Å².